The summed E-state index contributed by atoms with van der Waals surface area (Å²) in [5.41, 5.74) is 0. The molecule has 90 valence electrons. The summed E-state index contributed by atoms with van der Waals surface area (Å²) >= 11 is 0. The normalized spacial score (nSPS) is 9.31. The van der Waals surface area contributed by atoms with E-state index in [-0.39, 0.29) is 12.4 Å². The first-order valence-electron chi connectivity index (χ1n) is 4.29. The maximum absolute atomic E-state index is 11.9. The van der Waals surface area contributed by atoms with Gasteiger partial charge in [0.25, 0.3) is 0 Å². The van der Waals surface area contributed by atoms with Crippen LogP contribution in [0.3, 0.4) is 0 Å². The number of methoxy groups -OCH3 is 1. The molecule has 0 bridgehead atoms. The van der Waals surface area contributed by atoms with Crippen molar-refractivity contribution in [2.24, 2.45) is 0 Å². The number of halogens is 1. The Hall–Kier alpha value is -1.91. The van der Waals surface area contributed by atoms with Gasteiger partial charge in [0, 0.05) is 12.2 Å². The first kappa shape index (κ1) is 16.5. The van der Waals surface area contributed by atoms with Gasteiger partial charge in [-0.25, -0.2) is 14.0 Å². The van der Waals surface area contributed by atoms with Gasteiger partial charge in [0.05, 0.1) is 12.9 Å². The van der Waals surface area contributed by atoms with Crippen LogP contribution >= 0.6 is 0 Å². The van der Waals surface area contributed by atoms with E-state index in [0.29, 0.717) is 0 Å². The predicted octanol–water partition coefficient (Wildman–Crippen LogP) is 1.93. The number of carbonyl (C=O) groups excluding carboxylic acids is 2. The van der Waals surface area contributed by atoms with Gasteiger partial charge in [-0.15, -0.1) is 0 Å². The third-order valence-electron chi connectivity index (χ3n) is 1.12. The second-order valence-corrected chi connectivity index (χ2v) is 2.35. The maximum atomic E-state index is 11.9. The number of hydrogen-bond acceptors (Lipinski definition) is 4. The number of esters is 2. The molecule has 0 aliphatic carbocycles. The molecule has 0 radical (unpaired) electrons. The van der Waals surface area contributed by atoms with Gasteiger partial charge in [0.2, 0.25) is 0 Å². The van der Waals surface area contributed by atoms with Crippen LogP contribution < -0.4 is 0 Å². The molecule has 0 unspecified atom stereocenters. The Morgan fingerprint density at radius 2 is 1.75 bits per heavy atom. The van der Waals surface area contributed by atoms with Crippen molar-refractivity contribution in [1.82, 2.24) is 0 Å². The zero-order chi connectivity index (χ0) is 13.0. The molecular formula is C11H15FO4. The lowest BCUT2D eigenvalue weighted by Crippen LogP contribution is -1.99. The summed E-state index contributed by atoms with van der Waals surface area (Å²) in [6.07, 6.45) is 3.31. The van der Waals surface area contributed by atoms with Crippen LogP contribution in [0.2, 0.25) is 0 Å². The monoisotopic (exact) mass is 230 g/mol. The second-order valence-electron chi connectivity index (χ2n) is 2.35. The van der Waals surface area contributed by atoms with Crippen LogP contribution in [0, 0.1) is 0 Å². The minimum absolute atomic E-state index is 0.0345. The van der Waals surface area contributed by atoms with E-state index in [1.807, 2.05) is 0 Å². The zero-order valence-electron chi connectivity index (χ0n) is 9.36. The summed E-state index contributed by atoms with van der Waals surface area (Å²) in [4.78, 5) is 20.1. The Kier molecular flexibility index (Phi) is 11.5. The van der Waals surface area contributed by atoms with Gasteiger partial charge in [-0.05, 0) is 13.0 Å². The average molecular weight is 230 g/mol. The van der Waals surface area contributed by atoms with Crippen molar-refractivity contribution in [2.75, 3.05) is 13.7 Å². The van der Waals surface area contributed by atoms with Gasteiger partial charge in [-0.3, -0.25) is 0 Å². The minimum Gasteiger partial charge on any atom is -0.466 e. The van der Waals surface area contributed by atoms with E-state index < -0.39 is 11.9 Å². The van der Waals surface area contributed by atoms with Gasteiger partial charge >= 0.3 is 11.9 Å². The van der Waals surface area contributed by atoms with E-state index >= 15 is 0 Å². The fourth-order valence-corrected chi connectivity index (χ4v) is 0.381. The van der Waals surface area contributed by atoms with Crippen LogP contribution in [-0.2, 0) is 19.1 Å². The Morgan fingerprint density at radius 3 is 2.00 bits per heavy atom. The molecule has 0 N–H and O–H groups in total. The highest BCUT2D eigenvalue weighted by Crippen LogP contribution is 1.91. The van der Waals surface area contributed by atoms with E-state index in [1.54, 1.807) is 0 Å². The van der Waals surface area contributed by atoms with Gasteiger partial charge < -0.3 is 9.47 Å². The summed E-state index contributed by atoms with van der Waals surface area (Å²) in [6, 6.07) is 0. The van der Waals surface area contributed by atoms with Crippen LogP contribution in [0.1, 0.15) is 6.92 Å². The minimum atomic E-state index is -0.544. The molecule has 0 spiro atoms. The first-order valence-corrected chi connectivity index (χ1v) is 4.29. The molecule has 4 nitrogen and oxygen atoms in total. The van der Waals surface area contributed by atoms with Gasteiger partial charge in [0.15, 0.2) is 0 Å². The molecular weight excluding hydrogens is 215 g/mol. The molecule has 0 fully saturated rings. The SMILES string of the molecule is C=CC(=O)OC.C=CC(=O)OCC=C(C)F. The molecule has 0 aromatic rings. The van der Waals surface area contributed by atoms with Crippen molar-refractivity contribution in [1.29, 1.82) is 0 Å². The van der Waals surface area contributed by atoms with Crippen LogP contribution in [-0.4, -0.2) is 25.7 Å². The molecule has 0 saturated carbocycles. The number of rotatable bonds is 4. The second kappa shape index (κ2) is 11.2. The highest BCUT2D eigenvalue weighted by molar-refractivity contribution is 5.81. The van der Waals surface area contributed by atoms with E-state index in [2.05, 4.69) is 22.6 Å². The number of ether oxygens (including phenoxy) is 2. The molecule has 0 rings (SSSR count). The summed E-state index contributed by atoms with van der Waals surface area (Å²) in [5, 5.41) is 0. The Bertz CT molecular complexity index is 278. The highest BCUT2D eigenvalue weighted by Gasteiger charge is 1.91. The smallest absolute Gasteiger partial charge is 0.330 e. The molecule has 0 aromatic carbocycles. The van der Waals surface area contributed by atoms with Crippen molar-refractivity contribution in [3.63, 3.8) is 0 Å². The van der Waals surface area contributed by atoms with Crippen molar-refractivity contribution in [3.8, 4) is 0 Å². The fraction of sp³-hybridized carbons (Fsp3) is 0.273. The van der Waals surface area contributed by atoms with Crippen molar-refractivity contribution < 1.29 is 23.5 Å². The lowest BCUT2D eigenvalue weighted by Gasteiger charge is -1.94. The Labute approximate surface area is 94.0 Å². The lowest BCUT2D eigenvalue weighted by molar-refractivity contribution is -0.136. The summed E-state index contributed by atoms with van der Waals surface area (Å²) in [5.74, 6) is -1.30. The Balaban J connectivity index is 0. The topological polar surface area (TPSA) is 52.6 Å². The molecule has 0 heterocycles. The predicted molar refractivity (Wildman–Crippen MR) is 58.2 cm³/mol. The molecule has 16 heavy (non-hydrogen) atoms. The third-order valence-corrected chi connectivity index (χ3v) is 1.12. The van der Waals surface area contributed by atoms with Crippen molar-refractivity contribution in [2.45, 2.75) is 6.92 Å². The van der Waals surface area contributed by atoms with E-state index in [9.17, 15) is 14.0 Å². The third kappa shape index (κ3) is 14.6. The quantitative estimate of drug-likeness (QED) is 0.547. The number of carbonyl (C=O) groups is 2. The molecule has 0 atom stereocenters. The maximum Gasteiger partial charge on any atom is 0.330 e. The summed E-state index contributed by atoms with van der Waals surface area (Å²) in [6.45, 7) is 7.57. The van der Waals surface area contributed by atoms with Gasteiger partial charge in [0.1, 0.15) is 6.61 Å². The van der Waals surface area contributed by atoms with Crippen LogP contribution in [0.5, 0.6) is 0 Å². The van der Waals surface area contributed by atoms with Crippen LogP contribution in [0.15, 0.2) is 37.2 Å². The number of hydrogen-bond donors (Lipinski definition) is 0. The van der Waals surface area contributed by atoms with Crippen LogP contribution in [0.4, 0.5) is 4.39 Å². The lowest BCUT2D eigenvalue weighted by atomic mass is 10.5. The fourth-order valence-electron chi connectivity index (χ4n) is 0.381. The molecule has 0 aromatic heterocycles. The number of allylic oxidation sites excluding steroid dienone is 1. The molecule has 5 heteroatoms. The standard InChI is InChI=1S/C7H9FO2.C4H6O2/c1-3-7(9)10-5-4-6(2)8;1-3-4(5)6-2/h3-4H,1,5H2,2H3;3H,1H2,2H3. The van der Waals surface area contributed by atoms with Gasteiger partial charge in [-0.2, -0.15) is 0 Å². The summed E-state index contributed by atoms with van der Waals surface area (Å²) < 4.78 is 20.5. The van der Waals surface area contributed by atoms with E-state index in [1.165, 1.54) is 20.1 Å². The Morgan fingerprint density at radius 1 is 1.25 bits per heavy atom. The zero-order valence-corrected chi connectivity index (χ0v) is 9.36. The highest BCUT2D eigenvalue weighted by atomic mass is 19.1. The molecule has 0 aliphatic heterocycles. The molecule has 0 amide bonds. The average Bonchev–Trinajstić information content (AvgIpc) is 2.28. The van der Waals surface area contributed by atoms with Crippen molar-refractivity contribution >= 4 is 11.9 Å². The summed E-state index contributed by atoms with van der Waals surface area (Å²) in [7, 11) is 1.31. The van der Waals surface area contributed by atoms with E-state index in [0.717, 1.165) is 12.2 Å². The van der Waals surface area contributed by atoms with Gasteiger partial charge in [-0.1, -0.05) is 13.2 Å². The largest absolute Gasteiger partial charge is 0.466 e. The molecule has 0 saturated heterocycles. The molecule has 0 aliphatic rings. The first-order chi connectivity index (χ1) is 7.47. The van der Waals surface area contributed by atoms with Crippen molar-refractivity contribution in [3.05, 3.63) is 37.2 Å². The van der Waals surface area contributed by atoms with E-state index in [4.69, 9.17) is 0 Å². The van der Waals surface area contributed by atoms with Crippen LogP contribution in [0.25, 0.3) is 0 Å².